The zero-order chi connectivity index (χ0) is 16.3. The van der Waals surface area contributed by atoms with E-state index >= 15 is 0 Å². The summed E-state index contributed by atoms with van der Waals surface area (Å²) in [5, 5.41) is 8.24. The summed E-state index contributed by atoms with van der Waals surface area (Å²) in [6.07, 6.45) is 2.77. The Morgan fingerprint density at radius 2 is 2.09 bits per heavy atom. The van der Waals surface area contributed by atoms with Crippen molar-refractivity contribution in [2.75, 3.05) is 14.2 Å². The van der Waals surface area contributed by atoms with Gasteiger partial charge in [0.2, 0.25) is 0 Å². The van der Waals surface area contributed by atoms with Crippen molar-refractivity contribution in [2.24, 2.45) is 5.92 Å². The lowest BCUT2D eigenvalue weighted by molar-refractivity contribution is -0.141. The summed E-state index contributed by atoms with van der Waals surface area (Å²) in [7, 11) is 2.96. The molecule has 0 saturated heterocycles. The van der Waals surface area contributed by atoms with Crippen LogP contribution in [0.5, 0.6) is 0 Å². The van der Waals surface area contributed by atoms with Crippen molar-refractivity contribution in [3.63, 3.8) is 0 Å². The van der Waals surface area contributed by atoms with Gasteiger partial charge in [-0.2, -0.15) is 5.10 Å². The molecule has 0 aliphatic rings. The van der Waals surface area contributed by atoms with Gasteiger partial charge < -0.3 is 9.47 Å². The van der Waals surface area contributed by atoms with E-state index in [0.717, 1.165) is 22.0 Å². The molecule has 0 bridgehead atoms. The van der Waals surface area contributed by atoms with Gasteiger partial charge in [-0.1, -0.05) is 12.6 Å². The lowest BCUT2D eigenvalue weighted by Crippen LogP contribution is -2.16. The van der Waals surface area contributed by atoms with E-state index in [1.54, 1.807) is 7.11 Å². The van der Waals surface area contributed by atoms with Crippen molar-refractivity contribution in [3.05, 3.63) is 41.3 Å². The molecule has 1 aromatic carbocycles. The second kappa shape index (κ2) is 6.64. The minimum Gasteiger partial charge on any atom is -0.501 e. The van der Waals surface area contributed by atoms with Crippen LogP contribution in [0.25, 0.3) is 10.9 Å². The molecule has 5 nitrogen and oxygen atoms in total. The van der Waals surface area contributed by atoms with E-state index in [1.165, 1.54) is 12.7 Å². The predicted molar refractivity (Wildman–Crippen MR) is 85.5 cm³/mol. The number of aromatic amines is 1. The van der Waals surface area contributed by atoms with Crippen molar-refractivity contribution in [3.8, 4) is 0 Å². The van der Waals surface area contributed by atoms with Gasteiger partial charge in [0.1, 0.15) is 0 Å². The fourth-order valence-electron chi connectivity index (χ4n) is 2.71. The molecule has 0 unspecified atom stereocenters. The van der Waals surface area contributed by atoms with Crippen LogP contribution in [0.2, 0.25) is 0 Å². The highest BCUT2D eigenvalue weighted by Gasteiger charge is 2.21. The third kappa shape index (κ3) is 3.13. The standard InChI is InChI=1S/C17H22N2O3/c1-10-6-13(11(2)15-9-18-19-17(10)15)7-14(12(3)21-4)8-16(20)22-5/h6,9,14H,3,7-8H2,1-2,4-5H3,(H,18,19)/t14-/m0/s1. The Morgan fingerprint density at radius 3 is 2.73 bits per heavy atom. The van der Waals surface area contributed by atoms with E-state index in [4.69, 9.17) is 9.47 Å². The number of esters is 1. The van der Waals surface area contributed by atoms with Gasteiger partial charge >= 0.3 is 5.97 Å². The molecule has 0 fully saturated rings. The number of H-pyrrole nitrogens is 1. The van der Waals surface area contributed by atoms with Gasteiger partial charge in [-0.05, 0) is 37.0 Å². The Bertz CT molecular complexity index is 703. The van der Waals surface area contributed by atoms with Crippen LogP contribution in [0, 0.1) is 19.8 Å². The van der Waals surface area contributed by atoms with Crippen LogP contribution in [0.15, 0.2) is 24.6 Å². The van der Waals surface area contributed by atoms with Crippen molar-refractivity contribution in [2.45, 2.75) is 26.7 Å². The monoisotopic (exact) mass is 302 g/mol. The van der Waals surface area contributed by atoms with Gasteiger partial charge in [-0.3, -0.25) is 9.89 Å². The number of nitrogens with zero attached hydrogens (tertiary/aromatic N) is 1. The Kier molecular flexibility index (Phi) is 4.85. The number of nitrogens with one attached hydrogen (secondary N) is 1. The zero-order valence-corrected chi connectivity index (χ0v) is 13.5. The van der Waals surface area contributed by atoms with Gasteiger partial charge in [0.25, 0.3) is 0 Å². The normalized spacial score (nSPS) is 12.2. The maximum Gasteiger partial charge on any atom is 0.306 e. The maximum absolute atomic E-state index is 11.6. The molecule has 0 amide bonds. The fraction of sp³-hybridized carbons (Fsp3) is 0.412. The first kappa shape index (κ1) is 16.1. The highest BCUT2D eigenvalue weighted by atomic mass is 16.5. The molecule has 1 aromatic heterocycles. The van der Waals surface area contributed by atoms with Crippen LogP contribution in [0.3, 0.4) is 0 Å². The molecule has 0 aliphatic heterocycles. The predicted octanol–water partition coefficient (Wildman–Crippen LogP) is 3.06. The largest absolute Gasteiger partial charge is 0.501 e. The summed E-state index contributed by atoms with van der Waals surface area (Å²) in [5.74, 6) is 0.219. The van der Waals surface area contributed by atoms with Crippen LogP contribution in [0.1, 0.15) is 23.1 Å². The number of allylic oxidation sites excluding steroid dienone is 1. The Hall–Kier alpha value is -2.30. The molecule has 0 spiro atoms. The van der Waals surface area contributed by atoms with Gasteiger partial charge in [0.05, 0.1) is 38.1 Å². The van der Waals surface area contributed by atoms with E-state index < -0.39 is 0 Å². The van der Waals surface area contributed by atoms with Crippen molar-refractivity contribution >= 4 is 16.9 Å². The van der Waals surface area contributed by atoms with Gasteiger partial charge in [-0.15, -0.1) is 0 Å². The first-order valence-electron chi connectivity index (χ1n) is 7.19. The van der Waals surface area contributed by atoms with Crippen molar-refractivity contribution < 1.29 is 14.3 Å². The van der Waals surface area contributed by atoms with E-state index in [0.29, 0.717) is 12.2 Å². The second-order valence-corrected chi connectivity index (χ2v) is 5.49. The maximum atomic E-state index is 11.6. The second-order valence-electron chi connectivity index (χ2n) is 5.49. The van der Waals surface area contributed by atoms with E-state index in [2.05, 4.69) is 29.8 Å². The molecule has 0 saturated carbocycles. The highest BCUT2D eigenvalue weighted by Crippen LogP contribution is 2.28. The molecule has 1 heterocycles. The third-order valence-electron chi connectivity index (χ3n) is 4.13. The number of carbonyl (C=O) groups excluding carboxylic acids is 1. The summed E-state index contributed by atoms with van der Waals surface area (Å²) in [6, 6.07) is 2.13. The summed E-state index contributed by atoms with van der Waals surface area (Å²) >= 11 is 0. The molecule has 2 rings (SSSR count). The van der Waals surface area contributed by atoms with Gasteiger partial charge in [0.15, 0.2) is 0 Å². The fourth-order valence-corrected chi connectivity index (χ4v) is 2.71. The Balaban J connectivity index is 2.35. The Morgan fingerprint density at radius 1 is 1.36 bits per heavy atom. The summed E-state index contributed by atoms with van der Waals surface area (Å²) in [4.78, 5) is 11.6. The number of fused-ring (bicyclic) bond motifs is 1. The molecule has 22 heavy (non-hydrogen) atoms. The first-order chi connectivity index (χ1) is 10.5. The average molecular weight is 302 g/mol. The number of hydrogen-bond donors (Lipinski definition) is 1. The lowest BCUT2D eigenvalue weighted by Gasteiger charge is -2.19. The minimum absolute atomic E-state index is 0.111. The van der Waals surface area contributed by atoms with Crippen LogP contribution in [-0.4, -0.2) is 30.4 Å². The number of methoxy groups -OCH3 is 2. The average Bonchev–Trinajstić information content (AvgIpc) is 3.00. The SMILES string of the molecule is C=C(OC)[C@H](CC(=O)OC)Cc1cc(C)c2[nH]ncc2c1C. The van der Waals surface area contributed by atoms with Crippen LogP contribution in [0.4, 0.5) is 0 Å². The molecule has 0 radical (unpaired) electrons. The number of aryl methyl sites for hydroxylation is 2. The van der Waals surface area contributed by atoms with Gasteiger partial charge in [-0.25, -0.2) is 0 Å². The van der Waals surface area contributed by atoms with Crippen LogP contribution >= 0.6 is 0 Å². The summed E-state index contributed by atoms with van der Waals surface area (Å²) < 4.78 is 10.0. The third-order valence-corrected chi connectivity index (χ3v) is 4.13. The lowest BCUT2D eigenvalue weighted by atomic mass is 9.90. The summed E-state index contributed by atoms with van der Waals surface area (Å²) in [6.45, 7) is 8.03. The van der Waals surface area contributed by atoms with E-state index in [9.17, 15) is 4.79 Å². The molecule has 0 aliphatic carbocycles. The molecule has 5 heteroatoms. The van der Waals surface area contributed by atoms with Crippen LogP contribution < -0.4 is 0 Å². The number of benzene rings is 1. The smallest absolute Gasteiger partial charge is 0.306 e. The number of ether oxygens (including phenoxy) is 2. The first-order valence-corrected chi connectivity index (χ1v) is 7.19. The van der Waals surface area contributed by atoms with Crippen LogP contribution in [-0.2, 0) is 20.7 Å². The van der Waals surface area contributed by atoms with E-state index in [-0.39, 0.29) is 18.3 Å². The molecule has 1 N–H and O–H groups in total. The highest BCUT2D eigenvalue weighted by molar-refractivity contribution is 5.85. The molecule has 118 valence electrons. The summed E-state index contributed by atoms with van der Waals surface area (Å²) in [5.41, 5.74) is 4.51. The topological polar surface area (TPSA) is 64.2 Å². The molecule has 2 aromatic rings. The number of aromatic nitrogens is 2. The molecular weight excluding hydrogens is 280 g/mol. The zero-order valence-electron chi connectivity index (χ0n) is 13.5. The molecular formula is C17H22N2O3. The van der Waals surface area contributed by atoms with Crippen molar-refractivity contribution in [1.82, 2.24) is 10.2 Å². The number of carbonyl (C=O) groups is 1. The Labute approximate surface area is 130 Å². The number of rotatable bonds is 6. The quantitative estimate of drug-likeness (QED) is 0.658. The van der Waals surface area contributed by atoms with Crippen molar-refractivity contribution in [1.29, 1.82) is 0 Å². The van der Waals surface area contributed by atoms with Gasteiger partial charge in [0, 0.05) is 11.3 Å². The molecule has 1 atom stereocenters. The number of hydrogen-bond acceptors (Lipinski definition) is 4. The van der Waals surface area contributed by atoms with E-state index in [1.807, 2.05) is 13.1 Å². The minimum atomic E-state index is -0.262.